The van der Waals surface area contributed by atoms with Gasteiger partial charge in [0.05, 0.1) is 0 Å². The standard InChI is InChI=1S/C17H20BrN3OS/c1-10-6-11(2-5-15(10)18)7-14-9-20-17(23-14)21-16(22)12-3-4-13(19)8-12/h2,5-6,9,12-13H,3-4,7-8,19H2,1H3,(H,20,21,22). The van der Waals surface area contributed by atoms with Crippen LogP contribution in [-0.4, -0.2) is 16.9 Å². The number of anilines is 1. The number of halogens is 1. The van der Waals surface area contributed by atoms with Crippen molar-refractivity contribution >= 4 is 38.3 Å². The highest BCUT2D eigenvalue weighted by Crippen LogP contribution is 2.27. The minimum Gasteiger partial charge on any atom is -0.328 e. The van der Waals surface area contributed by atoms with E-state index in [9.17, 15) is 4.79 Å². The molecule has 1 amide bonds. The Hall–Kier alpha value is -1.24. The molecule has 1 aromatic carbocycles. The molecule has 1 aliphatic rings. The average Bonchev–Trinajstić information content (AvgIpc) is 3.12. The summed E-state index contributed by atoms with van der Waals surface area (Å²) in [4.78, 5) is 17.7. The monoisotopic (exact) mass is 393 g/mol. The molecule has 1 saturated carbocycles. The van der Waals surface area contributed by atoms with E-state index >= 15 is 0 Å². The maximum absolute atomic E-state index is 12.2. The molecule has 0 radical (unpaired) electrons. The number of nitrogens with one attached hydrogen (secondary N) is 1. The Bertz CT molecular complexity index is 716. The smallest absolute Gasteiger partial charge is 0.229 e. The van der Waals surface area contributed by atoms with Crippen molar-refractivity contribution in [1.82, 2.24) is 4.98 Å². The zero-order valence-corrected chi connectivity index (χ0v) is 15.4. The maximum Gasteiger partial charge on any atom is 0.229 e. The molecule has 0 bridgehead atoms. The molecule has 0 saturated heterocycles. The number of carbonyl (C=O) groups is 1. The zero-order valence-electron chi connectivity index (χ0n) is 13.0. The Labute approximate surface area is 148 Å². The van der Waals surface area contributed by atoms with Crippen molar-refractivity contribution < 1.29 is 4.79 Å². The van der Waals surface area contributed by atoms with Crippen molar-refractivity contribution in [3.63, 3.8) is 0 Å². The molecular weight excluding hydrogens is 374 g/mol. The predicted molar refractivity (Wildman–Crippen MR) is 97.7 cm³/mol. The van der Waals surface area contributed by atoms with Crippen LogP contribution in [0.4, 0.5) is 5.13 Å². The molecule has 2 unspecified atom stereocenters. The minimum absolute atomic E-state index is 0.0338. The Morgan fingerprint density at radius 1 is 1.48 bits per heavy atom. The van der Waals surface area contributed by atoms with Crippen LogP contribution in [0.3, 0.4) is 0 Å². The third-order valence-electron chi connectivity index (χ3n) is 4.23. The van der Waals surface area contributed by atoms with E-state index in [1.165, 1.54) is 22.5 Å². The largest absolute Gasteiger partial charge is 0.328 e. The van der Waals surface area contributed by atoms with Crippen molar-refractivity contribution in [2.75, 3.05) is 5.32 Å². The second kappa shape index (κ2) is 7.11. The molecule has 1 aliphatic carbocycles. The molecule has 122 valence electrons. The highest BCUT2D eigenvalue weighted by molar-refractivity contribution is 9.10. The van der Waals surface area contributed by atoms with Crippen molar-refractivity contribution in [2.45, 2.75) is 38.6 Å². The van der Waals surface area contributed by atoms with Crippen LogP contribution in [0.15, 0.2) is 28.9 Å². The van der Waals surface area contributed by atoms with E-state index in [0.29, 0.717) is 5.13 Å². The molecule has 3 N–H and O–H groups in total. The first-order valence-electron chi connectivity index (χ1n) is 7.77. The first-order chi connectivity index (χ1) is 11.0. The van der Waals surface area contributed by atoms with Gasteiger partial charge in [0.25, 0.3) is 0 Å². The summed E-state index contributed by atoms with van der Waals surface area (Å²) in [5.74, 6) is 0.0878. The van der Waals surface area contributed by atoms with E-state index in [1.54, 1.807) is 0 Å². The van der Waals surface area contributed by atoms with Crippen molar-refractivity contribution in [3.05, 3.63) is 44.9 Å². The van der Waals surface area contributed by atoms with Gasteiger partial charge in [0.1, 0.15) is 0 Å². The van der Waals surface area contributed by atoms with Crippen LogP contribution in [0.2, 0.25) is 0 Å². The summed E-state index contributed by atoms with van der Waals surface area (Å²) < 4.78 is 1.12. The topological polar surface area (TPSA) is 68.0 Å². The van der Waals surface area contributed by atoms with Crippen molar-refractivity contribution in [2.24, 2.45) is 11.7 Å². The molecule has 3 rings (SSSR count). The van der Waals surface area contributed by atoms with Gasteiger partial charge in [0.15, 0.2) is 5.13 Å². The van der Waals surface area contributed by atoms with Crippen LogP contribution < -0.4 is 11.1 Å². The Morgan fingerprint density at radius 3 is 3.00 bits per heavy atom. The maximum atomic E-state index is 12.2. The van der Waals surface area contributed by atoms with E-state index in [2.05, 4.69) is 51.4 Å². The van der Waals surface area contributed by atoms with Crippen LogP contribution in [0.5, 0.6) is 0 Å². The molecular formula is C17H20BrN3OS. The summed E-state index contributed by atoms with van der Waals surface area (Å²) in [7, 11) is 0. The van der Waals surface area contributed by atoms with Gasteiger partial charge in [0, 0.05) is 33.9 Å². The number of rotatable bonds is 4. The fourth-order valence-electron chi connectivity index (χ4n) is 2.93. The van der Waals surface area contributed by atoms with E-state index in [4.69, 9.17) is 5.73 Å². The Morgan fingerprint density at radius 2 is 2.30 bits per heavy atom. The minimum atomic E-state index is 0.0338. The Kier molecular flexibility index (Phi) is 5.14. The van der Waals surface area contributed by atoms with Crippen LogP contribution in [0.1, 0.15) is 35.3 Å². The number of carbonyl (C=O) groups excluding carboxylic acids is 1. The third kappa shape index (κ3) is 4.19. The first-order valence-corrected chi connectivity index (χ1v) is 9.38. The fraction of sp³-hybridized carbons (Fsp3) is 0.412. The number of nitrogens with zero attached hydrogens (tertiary/aromatic N) is 1. The summed E-state index contributed by atoms with van der Waals surface area (Å²) in [6.07, 6.45) is 5.27. The normalized spacial score (nSPS) is 20.7. The number of hydrogen-bond acceptors (Lipinski definition) is 4. The molecule has 6 heteroatoms. The van der Waals surface area contributed by atoms with Gasteiger partial charge in [-0.25, -0.2) is 4.98 Å². The fourth-order valence-corrected chi connectivity index (χ4v) is 4.02. The quantitative estimate of drug-likeness (QED) is 0.827. The summed E-state index contributed by atoms with van der Waals surface area (Å²) >= 11 is 5.06. The lowest BCUT2D eigenvalue weighted by molar-refractivity contribution is -0.119. The van der Waals surface area contributed by atoms with Crippen molar-refractivity contribution in [1.29, 1.82) is 0 Å². The van der Waals surface area contributed by atoms with Gasteiger partial charge in [0.2, 0.25) is 5.91 Å². The number of thiazole rings is 1. The van der Waals surface area contributed by atoms with Gasteiger partial charge in [-0.05, 0) is 43.4 Å². The van der Waals surface area contributed by atoms with Gasteiger partial charge in [-0.3, -0.25) is 4.79 Å². The van der Waals surface area contributed by atoms with E-state index in [1.807, 2.05) is 6.20 Å². The highest BCUT2D eigenvalue weighted by atomic mass is 79.9. The van der Waals surface area contributed by atoms with E-state index in [-0.39, 0.29) is 17.9 Å². The number of benzene rings is 1. The van der Waals surface area contributed by atoms with E-state index < -0.39 is 0 Å². The Balaban J connectivity index is 1.61. The highest BCUT2D eigenvalue weighted by Gasteiger charge is 2.28. The molecule has 4 nitrogen and oxygen atoms in total. The van der Waals surface area contributed by atoms with Crippen LogP contribution in [-0.2, 0) is 11.2 Å². The van der Waals surface area contributed by atoms with Gasteiger partial charge >= 0.3 is 0 Å². The molecule has 2 aromatic rings. The lowest BCUT2D eigenvalue weighted by atomic mass is 10.1. The van der Waals surface area contributed by atoms with Gasteiger partial charge in [-0.2, -0.15) is 0 Å². The summed E-state index contributed by atoms with van der Waals surface area (Å²) in [5.41, 5.74) is 8.34. The molecule has 23 heavy (non-hydrogen) atoms. The van der Waals surface area contributed by atoms with Crippen LogP contribution in [0, 0.1) is 12.8 Å². The SMILES string of the molecule is Cc1cc(Cc2cnc(NC(=O)C3CCC(N)C3)s2)ccc1Br. The molecule has 1 fully saturated rings. The molecule has 0 aliphatic heterocycles. The van der Waals surface area contributed by atoms with Gasteiger partial charge in [-0.1, -0.05) is 28.1 Å². The zero-order chi connectivity index (χ0) is 16.4. The number of nitrogens with two attached hydrogens (primary N) is 1. The molecule has 1 heterocycles. The second-order valence-electron chi connectivity index (χ2n) is 6.15. The van der Waals surface area contributed by atoms with Crippen molar-refractivity contribution in [3.8, 4) is 0 Å². The second-order valence-corrected chi connectivity index (χ2v) is 8.12. The summed E-state index contributed by atoms with van der Waals surface area (Å²) in [5, 5.41) is 3.62. The third-order valence-corrected chi connectivity index (χ3v) is 6.03. The summed E-state index contributed by atoms with van der Waals surface area (Å²) in [6.45, 7) is 2.08. The number of hydrogen-bond donors (Lipinski definition) is 2. The molecule has 1 aromatic heterocycles. The van der Waals surface area contributed by atoms with E-state index in [0.717, 1.165) is 35.0 Å². The number of aryl methyl sites for hydroxylation is 1. The molecule has 2 atom stereocenters. The lowest BCUT2D eigenvalue weighted by Gasteiger charge is -2.08. The van der Waals surface area contributed by atoms with Crippen LogP contribution >= 0.6 is 27.3 Å². The van der Waals surface area contributed by atoms with Gasteiger partial charge < -0.3 is 11.1 Å². The predicted octanol–water partition coefficient (Wildman–Crippen LogP) is 3.87. The first kappa shape index (κ1) is 16.6. The number of aromatic nitrogens is 1. The average molecular weight is 394 g/mol. The molecule has 0 spiro atoms. The van der Waals surface area contributed by atoms with Gasteiger partial charge in [-0.15, -0.1) is 11.3 Å². The number of amides is 1. The lowest BCUT2D eigenvalue weighted by Crippen LogP contribution is -2.23. The summed E-state index contributed by atoms with van der Waals surface area (Å²) in [6, 6.07) is 6.51. The van der Waals surface area contributed by atoms with Crippen LogP contribution in [0.25, 0.3) is 0 Å².